The summed E-state index contributed by atoms with van der Waals surface area (Å²) in [5.41, 5.74) is 5.74. The third-order valence-corrected chi connectivity index (χ3v) is 7.27. The molecule has 1 aliphatic rings. The number of nitrogens with one attached hydrogen (secondary N) is 1. The molecule has 3 heterocycles. The van der Waals surface area contributed by atoms with E-state index in [9.17, 15) is 24.4 Å². The number of benzene rings is 3. The van der Waals surface area contributed by atoms with Crippen LogP contribution in [0, 0.1) is 11.3 Å². The molecule has 230 valence electrons. The quantitative estimate of drug-likeness (QED) is 0.191. The number of aromatic amines is 1. The number of nitriles is 1. The van der Waals surface area contributed by atoms with Gasteiger partial charge >= 0.3 is 17.9 Å². The van der Waals surface area contributed by atoms with E-state index in [0.29, 0.717) is 0 Å². The molecule has 13 nitrogen and oxygen atoms in total. The Labute approximate surface area is 260 Å². The van der Waals surface area contributed by atoms with E-state index < -0.39 is 54.6 Å². The second kappa shape index (κ2) is 12.8. The molecule has 0 saturated carbocycles. The molecule has 0 radical (unpaired) electrons. The molecule has 6 rings (SSSR count). The molecule has 1 unspecified atom stereocenters. The molecule has 13 heteroatoms. The Balaban J connectivity index is 1.43. The number of nitrogens with zero attached hydrogens (tertiary/aromatic N) is 3. The minimum atomic E-state index is -1.38. The fraction of sp³-hybridized carbons (Fsp3) is 0.152. The molecule has 1 aliphatic heterocycles. The number of rotatable bonds is 8. The largest absolute Gasteiger partial charge is 0.459 e. The van der Waals surface area contributed by atoms with Crippen LogP contribution in [0.4, 0.5) is 5.95 Å². The van der Waals surface area contributed by atoms with Crippen LogP contribution in [0.3, 0.4) is 0 Å². The van der Waals surface area contributed by atoms with Gasteiger partial charge < -0.3 is 29.2 Å². The van der Waals surface area contributed by atoms with Crippen LogP contribution in [0.15, 0.2) is 102 Å². The van der Waals surface area contributed by atoms with Crippen molar-refractivity contribution in [3.8, 4) is 6.07 Å². The number of H-pyrrole nitrogens is 1. The summed E-state index contributed by atoms with van der Waals surface area (Å²) in [6.07, 6.45) is -3.92. The zero-order valence-electron chi connectivity index (χ0n) is 23.9. The van der Waals surface area contributed by atoms with E-state index in [1.165, 1.54) is 22.9 Å². The van der Waals surface area contributed by atoms with E-state index in [2.05, 4.69) is 9.97 Å². The number of ether oxygens (including phenoxy) is 4. The summed E-state index contributed by atoms with van der Waals surface area (Å²) in [4.78, 5) is 59.0. The number of carbonyl (C=O) groups excluding carboxylic acids is 3. The topological polar surface area (TPSA) is 189 Å². The SMILES string of the molecule is N#Cc1cn(C2O[C@H](COC(=O)c3ccccc3)[C@@H](OC(=O)c3ccccc3)[C@H]2OC(=O)c2ccccc2)c2nc(N)[nH]c(=O)c12. The van der Waals surface area contributed by atoms with E-state index in [-0.39, 0.29) is 39.2 Å². The number of nitrogens with two attached hydrogens (primary N) is 1. The molecule has 3 aromatic carbocycles. The van der Waals surface area contributed by atoms with Crippen LogP contribution in [0.1, 0.15) is 42.9 Å². The molecule has 1 fully saturated rings. The third kappa shape index (κ3) is 5.92. The predicted octanol–water partition coefficient (Wildman–Crippen LogP) is 3.38. The number of hydrogen-bond acceptors (Lipinski definition) is 11. The van der Waals surface area contributed by atoms with Gasteiger partial charge in [0.25, 0.3) is 5.56 Å². The first-order valence-electron chi connectivity index (χ1n) is 14.0. The maximum atomic E-state index is 13.4. The van der Waals surface area contributed by atoms with Gasteiger partial charge in [-0.3, -0.25) is 9.78 Å². The Morgan fingerprint density at radius 2 is 1.37 bits per heavy atom. The number of carbonyl (C=O) groups is 3. The molecular formula is C33H25N5O8. The van der Waals surface area contributed by atoms with Crippen LogP contribution in [-0.4, -0.2) is 57.4 Å². The van der Waals surface area contributed by atoms with Gasteiger partial charge in [0.15, 0.2) is 24.1 Å². The maximum Gasteiger partial charge on any atom is 0.338 e. The van der Waals surface area contributed by atoms with Gasteiger partial charge in [0.05, 0.1) is 22.3 Å². The summed E-state index contributed by atoms with van der Waals surface area (Å²) in [5, 5.41) is 9.74. The van der Waals surface area contributed by atoms with Crippen molar-refractivity contribution in [1.29, 1.82) is 5.26 Å². The average molecular weight is 620 g/mol. The van der Waals surface area contributed by atoms with Crippen molar-refractivity contribution in [3.63, 3.8) is 0 Å². The lowest BCUT2D eigenvalue weighted by Gasteiger charge is -2.25. The number of nitrogen functional groups attached to an aromatic ring is 1. The number of hydrogen-bond donors (Lipinski definition) is 2. The Kier molecular flexibility index (Phi) is 8.27. The Hall–Kier alpha value is -6.26. The summed E-state index contributed by atoms with van der Waals surface area (Å²) >= 11 is 0. The van der Waals surface area contributed by atoms with Crippen molar-refractivity contribution in [3.05, 3.63) is 130 Å². The van der Waals surface area contributed by atoms with E-state index in [4.69, 9.17) is 24.7 Å². The van der Waals surface area contributed by atoms with Crippen molar-refractivity contribution in [2.45, 2.75) is 24.5 Å². The van der Waals surface area contributed by atoms with Gasteiger partial charge in [-0.1, -0.05) is 54.6 Å². The van der Waals surface area contributed by atoms with Crippen LogP contribution in [-0.2, 0) is 18.9 Å². The summed E-state index contributed by atoms with van der Waals surface area (Å²) in [5.74, 6) is -2.44. The van der Waals surface area contributed by atoms with Crippen LogP contribution < -0.4 is 11.3 Å². The second-order valence-corrected chi connectivity index (χ2v) is 10.2. The van der Waals surface area contributed by atoms with Crippen molar-refractivity contribution < 1.29 is 33.3 Å². The first kappa shape index (κ1) is 29.8. The van der Waals surface area contributed by atoms with Crippen molar-refractivity contribution in [2.24, 2.45) is 0 Å². The first-order valence-corrected chi connectivity index (χ1v) is 14.0. The molecule has 1 saturated heterocycles. The smallest absolute Gasteiger partial charge is 0.338 e. The lowest BCUT2D eigenvalue weighted by molar-refractivity contribution is -0.0604. The minimum Gasteiger partial charge on any atom is -0.459 e. The second-order valence-electron chi connectivity index (χ2n) is 10.2. The number of anilines is 1. The van der Waals surface area contributed by atoms with Crippen molar-refractivity contribution >= 4 is 34.9 Å². The molecule has 0 amide bonds. The molecule has 0 spiro atoms. The number of fused-ring (bicyclic) bond motifs is 1. The maximum absolute atomic E-state index is 13.4. The van der Waals surface area contributed by atoms with Gasteiger partial charge in [-0.05, 0) is 36.4 Å². The van der Waals surface area contributed by atoms with E-state index >= 15 is 0 Å². The zero-order chi connectivity index (χ0) is 32.2. The summed E-state index contributed by atoms with van der Waals surface area (Å²) in [6.45, 7) is -0.420. The lowest BCUT2D eigenvalue weighted by atomic mass is 10.1. The molecule has 0 bridgehead atoms. The number of esters is 3. The van der Waals surface area contributed by atoms with E-state index in [1.54, 1.807) is 78.9 Å². The molecular weight excluding hydrogens is 594 g/mol. The van der Waals surface area contributed by atoms with E-state index in [0.717, 1.165) is 0 Å². The van der Waals surface area contributed by atoms with Gasteiger partial charge in [-0.15, -0.1) is 0 Å². The minimum absolute atomic E-state index is 0.0429. The monoisotopic (exact) mass is 619 g/mol. The highest BCUT2D eigenvalue weighted by Gasteiger charge is 2.52. The molecule has 46 heavy (non-hydrogen) atoms. The zero-order valence-corrected chi connectivity index (χ0v) is 23.9. The van der Waals surface area contributed by atoms with Gasteiger partial charge in [0.1, 0.15) is 24.2 Å². The average Bonchev–Trinajstić information content (AvgIpc) is 3.62. The Morgan fingerprint density at radius 3 is 1.91 bits per heavy atom. The Bertz CT molecular complexity index is 2000. The lowest BCUT2D eigenvalue weighted by Crippen LogP contribution is -2.41. The third-order valence-electron chi connectivity index (χ3n) is 7.27. The molecule has 2 aromatic heterocycles. The van der Waals surface area contributed by atoms with Crippen LogP contribution in [0.5, 0.6) is 0 Å². The fourth-order valence-corrected chi connectivity index (χ4v) is 5.13. The summed E-state index contributed by atoms with van der Waals surface area (Å²) < 4.78 is 25.0. The summed E-state index contributed by atoms with van der Waals surface area (Å²) in [6, 6.07) is 26.4. The molecule has 4 atom stereocenters. The van der Waals surface area contributed by atoms with Gasteiger partial charge in [-0.25, -0.2) is 14.4 Å². The van der Waals surface area contributed by atoms with Crippen LogP contribution in [0.2, 0.25) is 0 Å². The Morgan fingerprint density at radius 1 is 0.848 bits per heavy atom. The van der Waals surface area contributed by atoms with Gasteiger partial charge in [-0.2, -0.15) is 10.2 Å². The standard InChI is InChI=1S/C33H25N5O8/c34-16-22-17-38(27-24(22)28(39)37-33(35)36-27)29-26(46-32(42)21-14-8-3-9-15-21)25(45-31(41)20-12-6-2-7-13-20)23(44-29)18-43-30(40)19-10-4-1-5-11-19/h1-15,17,23,25-26,29H,18H2,(H3,35,36,37,39)/t23-,25-,26-,29?/m1/s1. The van der Waals surface area contributed by atoms with Crippen molar-refractivity contribution in [2.75, 3.05) is 12.3 Å². The fourth-order valence-electron chi connectivity index (χ4n) is 5.13. The highest BCUT2D eigenvalue weighted by Crippen LogP contribution is 2.37. The predicted molar refractivity (Wildman–Crippen MR) is 161 cm³/mol. The van der Waals surface area contributed by atoms with Crippen molar-refractivity contribution in [1.82, 2.24) is 14.5 Å². The van der Waals surface area contributed by atoms with E-state index in [1.807, 2.05) is 6.07 Å². The molecule has 3 N–H and O–H groups in total. The van der Waals surface area contributed by atoms with Gasteiger partial charge in [0, 0.05) is 6.20 Å². The van der Waals surface area contributed by atoms with Crippen LogP contribution >= 0.6 is 0 Å². The molecule has 0 aliphatic carbocycles. The normalized spacial score (nSPS) is 18.8. The summed E-state index contributed by atoms with van der Waals surface area (Å²) in [7, 11) is 0. The van der Waals surface area contributed by atoms with Gasteiger partial charge in [0.2, 0.25) is 5.95 Å². The van der Waals surface area contributed by atoms with Crippen LogP contribution in [0.25, 0.3) is 11.0 Å². The molecule has 5 aromatic rings. The highest BCUT2D eigenvalue weighted by atomic mass is 16.7. The number of aromatic nitrogens is 3. The highest BCUT2D eigenvalue weighted by molar-refractivity contribution is 5.91. The first-order chi connectivity index (χ1) is 22.3.